The van der Waals surface area contributed by atoms with Crippen LogP contribution in [0.1, 0.15) is 18.0 Å². The summed E-state index contributed by atoms with van der Waals surface area (Å²) in [4.78, 5) is 11.7. The van der Waals surface area contributed by atoms with Crippen molar-refractivity contribution < 1.29 is 9.18 Å². The number of halogens is 1. The quantitative estimate of drug-likeness (QED) is 0.641. The number of carbonyl (C=O) groups is 1. The van der Waals surface area contributed by atoms with Crippen LogP contribution >= 0.6 is 12.2 Å². The summed E-state index contributed by atoms with van der Waals surface area (Å²) in [5, 5.41) is 2.08. The van der Waals surface area contributed by atoms with Gasteiger partial charge < -0.3 is 0 Å². The Bertz CT molecular complexity index is 482. The largest absolute Gasteiger partial charge is 0.273 e. The Morgan fingerprint density at radius 2 is 2.00 bits per heavy atom. The molecule has 2 saturated heterocycles. The molecule has 2 atom stereocenters. The molecule has 5 nitrogen and oxygen atoms in total. The summed E-state index contributed by atoms with van der Waals surface area (Å²) in [6.45, 7) is 0. The second-order valence-electron chi connectivity index (χ2n) is 4.27. The molecule has 0 radical (unpaired) electrons. The van der Waals surface area contributed by atoms with E-state index >= 15 is 0 Å². The molecule has 2 aliphatic rings. The van der Waals surface area contributed by atoms with Crippen molar-refractivity contribution in [1.82, 2.24) is 21.3 Å². The van der Waals surface area contributed by atoms with Crippen LogP contribution in [-0.4, -0.2) is 22.1 Å². The van der Waals surface area contributed by atoms with Gasteiger partial charge in [0.05, 0.1) is 6.04 Å². The molecule has 1 aromatic carbocycles. The third-order valence-corrected chi connectivity index (χ3v) is 3.45. The zero-order valence-electron chi connectivity index (χ0n) is 9.31. The van der Waals surface area contributed by atoms with E-state index in [-0.39, 0.29) is 23.8 Å². The Hall–Kier alpha value is -1.73. The Morgan fingerprint density at radius 1 is 1.28 bits per heavy atom. The first-order valence-electron chi connectivity index (χ1n) is 5.56. The monoisotopic (exact) mass is 266 g/mol. The van der Waals surface area contributed by atoms with Crippen molar-refractivity contribution in [2.75, 3.05) is 0 Å². The number of benzene rings is 1. The van der Waals surface area contributed by atoms with Crippen molar-refractivity contribution in [3.8, 4) is 0 Å². The van der Waals surface area contributed by atoms with Gasteiger partial charge in [0.25, 0.3) is 5.91 Å². The van der Waals surface area contributed by atoms with Crippen LogP contribution in [0.5, 0.6) is 0 Å². The summed E-state index contributed by atoms with van der Waals surface area (Å²) in [5.41, 5.74) is 9.22. The first-order chi connectivity index (χ1) is 8.65. The van der Waals surface area contributed by atoms with Crippen molar-refractivity contribution in [1.29, 1.82) is 0 Å². The van der Waals surface area contributed by atoms with Crippen LogP contribution in [0, 0.1) is 5.82 Å². The van der Waals surface area contributed by atoms with E-state index in [1.165, 1.54) is 12.1 Å². The summed E-state index contributed by atoms with van der Waals surface area (Å²) in [7, 11) is 0. The number of hydrogen-bond donors (Lipinski definition) is 3. The van der Waals surface area contributed by atoms with Crippen molar-refractivity contribution >= 4 is 23.2 Å². The molecule has 2 fully saturated rings. The van der Waals surface area contributed by atoms with Gasteiger partial charge >= 0.3 is 0 Å². The zero-order valence-corrected chi connectivity index (χ0v) is 10.1. The van der Waals surface area contributed by atoms with Crippen LogP contribution < -0.4 is 16.3 Å². The minimum absolute atomic E-state index is 0.0424. The van der Waals surface area contributed by atoms with Crippen molar-refractivity contribution in [2.24, 2.45) is 0 Å². The van der Waals surface area contributed by atoms with E-state index < -0.39 is 0 Å². The summed E-state index contributed by atoms with van der Waals surface area (Å²) >= 11 is 5.10. The lowest BCUT2D eigenvalue weighted by Gasteiger charge is -2.31. The van der Waals surface area contributed by atoms with Crippen LogP contribution in [0.4, 0.5) is 4.39 Å². The van der Waals surface area contributed by atoms with E-state index in [0.717, 1.165) is 5.56 Å². The highest BCUT2D eigenvalue weighted by Gasteiger charge is 2.41. The van der Waals surface area contributed by atoms with Gasteiger partial charge in [-0.3, -0.25) is 20.7 Å². The Kier molecular flexibility index (Phi) is 2.64. The fraction of sp³-hybridized carbons (Fsp3) is 0.273. The van der Waals surface area contributed by atoms with Crippen LogP contribution in [0.3, 0.4) is 0 Å². The Balaban J connectivity index is 1.83. The molecule has 2 heterocycles. The fourth-order valence-electron chi connectivity index (χ4n) is 2.23. The average molecular weight is 266 g/mol. The molecular weight excluding hydrogens is 255 g/mol. The molecule has 7 heteroatoms. The molecule has 0 saturated carbocycles. The summed E-state index contributed by atoms with van der Waals surface area (Å²) in [6, 6.07) is 5.86. The molecule has 0 spiro atoms. The zero-order chi connectivity index (χ0) is 12.7. The third-order valence-electron chi connectivity index (χ3n) is 3.15. The second-order valence-corrected chi connectivity index (χ2v) is 4.66. The highest BCUT2D eigenvalue weighted by atomic mass is 32.1. The number of carbonyl (C=O) groups excluding carboxylic acids is 1. The third kappa shape index (κ3) is 1.81. The minimum atomic E-state index is -0.325. The van der Waals surface area contributed by atoms with E-state index in [9.17, 15) is 9.18 Å². The lowest BCUT2D eigenvalue weighted by Crippen LogP contribution is -2.63. The van der Waals surface area contributed by atoms with Crippen LogP contribution in [0.25, 0.3) is 0 Å². The van der Waals surface area contributed by atoms with Crippen LogP contribution in [0.2, 0.25) is 0 Å². The molecule has 2 aliphatic heterocycles. The van der Waals surface area contributed by atoms with Gasteiger partial charge in [-0.1, -0.05) is 12.1 Å². The molecule has 1 amide bonds. The highest BCUT2D eigenvalue weighted by molar-refractivity contribution is 7.80. The molecular formula is C11H11FN4OS. The number of fused-ring (bicyclic) bond motifs is 1. The van der Waals surface area contributed by atoms with E-state index in [1.54, 1.807) is 17.1 Å². The minimum Gasteiger partial charge on any atom is -0.273 e. The average Bonchev–Trinajstić information content (AvgIpc) is 2.81. The molecule has 3 N–H and O–H groups in total. The van der Waals surface area contributed by atoms with E-state index in [2.05, 4.69) is 16.3 Å². The maximum Gasteiger partial charge on any atom is 0.262 e. The fourth-order valence-corrected chi connectivity index (χ4v) is 2.46. The predicted molar refractivity (Wildman–Crippen MR) is 66.4 cm³/mol. The van der Waals surface area contributed by atoms with Gasteiger partial charge in [-0.15, -0.1) is 0 Å². The van der Waals surface area contributed by atoms with Crippen molar-refractivity contribution in [3.05, 3.63) is 35.6 Å². The van der Waals surface area contributed by atoms with Crippen molar-refractivity contribution in [2.45, 2.75) is 18.5 Å². The number of nitrogens with zero attached hydrogens (tertiary/aromatic N) is 1. The lowest BCUT2D eigenvalue weighted by atomic mass is 10.0. The number of amides is 1. The maximum atomic E-state index is 12.9. The number of hydrazine groups is 2. The Morgan fingerprint density at radius 3 is 2.67 bits per heavy atom. The van der Waals surface area contributed by atoms with E-state index in [0.29, 0.717) is 11.5 Å². The maximum absolute atomic E-state index is 12.9. The molecule has 0 aromatic heterocycles. The first-order valence-corrected chi connectivity index (χ1v) is 5.96. The summed E-state index contributed by atoms with van der Waals surface area (Å²) < 4.78 is 12.9. The van der Waals surface area contributed by atoms with Gasteiger partial charge in [0.2, 0.25) is 5.11 Å². The van der Waals surface area contributed by atoms with Gasteiger partial charge in [0.15, 0.2) is 0 Å². The van der Waals surface area contributed by atoms with Crippen molar-refractivity contribution in [3.63, 3.8) is 0 Å². The van der Waals surface area contributed by atoms with Crippen LogP contribution in [0.15, 0.2) is 24.3 Å². The smallest absolute Gasteiger partial charge is 0.262 e. The predicted octanol–water partition coefficient (Wildman–Crippen LogP) is 0.365. The topological polar surface area (TPSA) is 56.4 Å². The second kappa shape index (κ2) is 4.18. The lowest BCUT2D eigenvalue weighted by molar-refractivity contribution is -0.126. The molecule has 94 valence electrons. The first kappa shape index (κ1) is 11.4. The molecule has 1 aromatic rings. The van der Waals surface area contributed by atoms with Gasteiger partial charge in [-0.2, -0.15) is 0 Å². The SMILES string of the molecule is O=C1NNC(=S)N2NC(c3ccc(F)cc3)CC12. The molecule has 0 bridgehead atoms. The molecule has 0 aliphatic carbocycles. The number of nitrogens with one attached hydrogen (secondary N) is 3. The van der Waals surface area contributed by atoms with Crippen LogP contribution in [-0.2, 0) is 4.79 Å². The standard InChI is InChI=1S/C11H11FN4OS/c12-7-3-1-6(2-4-7)8-5-9-10(17)13-14-11(18)16(9)15-8/h1-4,8-9,15H,5H2,(H,13,17)(H,14,18). The normalized spacial score (nSPS) is 26.6. The Labute approximate surface area is 108 Å². The van der Waals surface area contributed by atoms with E-state index in [1.807, 2.05) is 0 Å². The van der Waals surface area contributed by atoms with Gasteiger partial charge in [0, 0.05) is 0 Å². The molecule has 18 heavy (non-hydrogen) atoms. The van der Waals surface area contributed by atoms with Gasteiger partial charge in [-0.25, -0.2) is 9.82 Å². The highest BCUT2D eigenvalue weighted by Crippen LogP contribution is 2.28. The van der Waals surface area contributed by atoms with Gasteiger partial charge in [0.1, 0.15) is 11.9 Å². The molecule has 2 unspecified atom stereocenters. The number of rotatable bonds is 1. The molecule has 3 rings (SSSR count). The number of hydrogen-bond acceptors (Lipinski definition) is 3. The van der Waals surface area contributed by atoms with E-state index in [4.69, 9.17) is 12.2 Å². The summed E-state index contributed by atoms with van der Waals surface area (Å²) in [6.07, 6.45) is 0.597. The summed E-state index contributed by atoms with van der Waals surface area (Å²) in [5.74, 6) is -0.398. The number of thiocarbonyl (C=S) groups is 1. The van der Waals surface area contributed by atoms with Gasteiger partial charge in [-0.05, 0) is 36.3 Å².